The fourth-order valence-corrected chi connectivity index (χ4v) is 1.73. The molecule has 0 bridgehead atoms. The van der Waals surface area contributed by atoms with Crippen LogP contribution in [0.15, 0.2) is 18.2 Å². The number of rotatable bonds is 2. The van der Waals surface area contributed by atoms with E-state index in [2.05, 4.69) is 49.6 Å². The van der Waals surface area contributed by atoms with Gasteiger partial charge in [0.2, 0.25) is 0 Å². The molecule has 0 fully saturated rings. The number of hydrogen-bond donors (Lipinski definition) is 2. The van der Waals surface area contributed by atoms with Crippen LogP contribution >= 0.6 is 0 Å². The van der Waals surface area contributed by atoms with E-state index in [1.165, 1.54) is 5.56 Å². The third-order valence-corrected chi connectivity index (χ3v) is 2.57. The molecule has 0 atom stereocenters. The van der Waals surface area contributed by atoms with Crippen LogP contribution in [0.3, 0.4) is 0 Å². The summed E-state index contributed by atoms with van der Waals surface area (Å²) in [7, 11) is 0. The summed E-state index contributed by atoms with van der Waals surface area (Å²) in [6, 6.07) is 6.25. The Morgan fingerprint density at radius 3 is 2.94 bits per heavy atom. The van der Waals surface area contributed by atoms with Gasteiger partial charge in [-0.2, -0.15) is 0 Å². The average Bonchev–Trinajstić information content (AvgIpc) is 2.25. The molecule has 1 aliphatic heterocycles. The van der Waals surface area contributed by atoms with Crippen molar-refractivity contribution >= 4 is 5.69 Å². The van der Waals surface area contributed by atoms with E-state index in [4.69, 9.17) is 4.74 Å². The van der Waals surface area contributed by atoms with Crippen molar-refractivity contribution in [2.24, 2.45) is 0 Å². The maximum atomic E-state index is 5.72. The molecule has 0 spiro atoms. The van der Waals surface area contributed by atoms with Crippen LogP contribution in [0.2, 0.25) is 0 Å². The second-order valence-electron chi connectivity index (χ2n) is 5.17. The summed E-state index contributed by atoms with van der Waals surface area (Å²) >= 11 is 0. The SMILES string of the molecule is CC(C)(C)NCc1cccc2c1OCCN2. The monoisotopic (exact) mass is 220 g/mol. The highest BCUT2D eigenvalue weighted by atomic mass is 16.5. The minimum atomic E-state index is 0.130. The molecule has 0 unspecified atom stereocenters. The van der Waals surface area contributed by atoms with Crippen LogP contribution in [-0.2, 0) is 6.54 Å². The van der Waals surface area contributed by atoms with Crippen LogP contribution in [0.4, 0.5) is 5.69 Å². The van der Waals surface area contributed by atoms with Crippen LogP contribution in [0, 0.1) is 0 Å². The van der Waals surface area contributed by atoms with E-state index in [0.29, 0.717) is 0 Å². The first-order valence-electron chi connectivity index (χ1n) is 5.80. The zero-order valence-corrected chi connectivity index (χ0v) is 10.3. The highest BCUT2D eigenvalue weighted by Gasteiger charge is 2.15. The predicted molar refractivity (Wildman–Crippen MR) is 67.0 cm³/mol. The van der Waals surface area contributed by atoms with Crippen molar-refractivity contribution in [1.29, 1.82) is 0 Å². The van der Waals surface area contributed by atoms with Gasteiger partial charge in [0.05, 0.1) is 5.69 Å². The largest absolute Gasteiger partial charge is 0.489 e. The zero-order valence-electron chi connectivity index (χ0n) is 10.3. The summed E-state index contributed by atoms with van der Waals surface area (Å²) in [6.07, 6.45) is 0. The van der Waals surface area contributed by atoms with Crippen LogP contribution in [0.5, 0.6) is 5.75 Å². The summed E-state index contributed by atoms with van der Waals surface area (Å²) in [6.45, 7) is 8.99. The smallest absolute Gasteiger partial charge is 0.146 e. The lowest BCUT2D eigenvalue weighted by molar-refractivity contribution is 0.316. The van der Waals surface area contributed by atoms with E-state index in [1.54, 1.807) is 0 Å². The number of nitrogens with one attached hydrogen (secondary N) is 2. The van der Waals surface area contributed by atoms with Gasteiger partial charge in [-0.05, 0) is 26.8 Å². The molecular formula is C13H20N2O. The second kappa shape index (κ2) is 4.34. The molecule has 3 nitrogen and oxygen atoms in total. The summed E-state index contributed by atoms with van der Waals surface area (Å²) in [5.41, 5.74) is 2.46. The van der Waals surface area contributed by atoms with Gasteiger partial charge >= 0.3 is 0 Å². The molecular weight excluding hydrogens is 200 g/mol. The number of benzene rings is 1. The summed E-state index contributed by atoms with van der Waals surface area (Å²) < 4.78 is 5.72. The van der Waals surface area contributed by atoms with Gasteiger partial charge in [0.25, 0.3) is 0 Å². The van der Waals surface area contributed by atoms with Crippen molar-refractivity contribution in [1.82, 2.24) is 5.32 Å². The first-order valence-corrected chi connectivity index (χ1v) is 5.80. The van der Waals surface area contributed by atoms with Gasteiger partial charge in [0.1, 0.15) is 12.4 Å². The van der Waals surface area contributed by atoms with Crippen LogP contribution in [0.25, 0.3) is 0 Å². The van der Waals surface area contributed by atoms with Crippen molar-refractivity contribution in [2.45, 2.75) is 32.9 Å². The Bertz CT molecular complexity index is 369. The Hall–Kier alpha value is -1.22. The molecule has 0 aromatic heterocycles. The maximum Gasteiger partial charge on any atom is 0.146 e. The Balaban J connectivity index is 2.15. The first kappa shape index (κ1) is 11.3. The third kappa shape index (κ3) is 2.67. The fraction of sp³-hybridized carbons (Fsp3) is 0.538. The van der Waals surface area contributed by atoms with E-state index in [0.717, 1.165) is 31.1 Å². The van der Waals surface area contributed by atoms with E-state index in [1.807, 2.05) is 0 Å². The number of para-hydroxylation sites is 1. The van der Waals surface area contributed by atoms with Crippen molar-refractivity contribution in [2.75, 3.05) is 18.5 Å². The molecule has 1 aromatic rings. The molecule has 1 aromatic carbocycles. The van der Waals surface area contributed by atoms with Crippen molar-refractivity contribution in [3.63, 3.8) is 0 Å². The van der Waals surface area contributed by atoms with Crippen molar-refractivity contribution in [3.05, 3.63) is 23.8 Å². The summed E-state index contributed by atoms with van der Waals surface area (Å²) in [5.74, 6) is 1.01. The Kier molecular flexibility index (Phi) is 3.06. The van der Waals surface area contributed by atoms with Gasteiger partial charge in [-0.15, -0.1) is 0 Å². The highest BCUT2D eigenvalue weighted by molar-refractivity contribution is 5.61. The minimum absolute atomic E-state index is 0.130. The Morgan fingerprint density at radius 1 is 1.38 bits per heavy atom. The maximum absolute atomic E-state index is 5.72. The molecule has 1 aliphatic rings. The standard InChI is InChI=1S/C13H20N2O/c1-13(2,3)15-9-10-5-4-6-11-12(10)16-8-7-14-11/h4-6,14-15H,7-9H2,1-3H3. The van der Waals surface area contributed by atoms with E-state index < -0.39 is 0 Å². The quantitative estimate of drug-likeness (QED) is 0.803. The summed E-state index contributed by atoms with van der Waals surface area (Å²) in [5, 5.41) is 6.83. The number of ether oxygens (including phenoxy) is 1. The molecule has 0 saturated heterocycles. The van der Waals surface area contributed by atoms with Gasteiger partial charge in [-0.3, -0.25) is 0 Å². The van der Waals surface area contributed by atoms with Crippen molar-refractivity contribution in [3.8, 4) is 5.75 Å². The lowest BCUT2D eigenvalue weighted by atomic mass is 10.1. The van der Waals surface area contributed by atoms with Gasteiger partial charge in [0, 0.05) is 24.2 Å². The average molecular weight is 220 g/mol. The molecule has 0 radical (unpaired) electrons. The highest BCUT2D eigenvalue weighted by Crippen LogP contribution is 2.31. The molecule has 88 valence electrons. The lowest BCUT2D eigenvalue weighted by Crippen LogP contribution is -2.35. The van der Waals surface area contributed by atoms with Gasteiger partial charge in [-0.25, -0.2) is 0 Å². The Labute approximate surface area is 97.2 Å². The molecule has 0 aliphatic carbocycles. The second-order valence-corrected chi connectivity index (χ2v) is 5.17. The van der Waals surface area contributed by atoms with Crippen LogP contribution in [-0.4, -0.2) is 18.7 Å². The van der Waals surface area contributed by atoms with E-state index in [9.17, 15) is 0 Å². The predicted octanol–water partition coefficient (Wildman–Crippen LogP) is 2.38. The third-order valence-electron chi connectivity index (χ3n) is 2.57. The minimum Gasteiger partial charge on any atom is -0.489 e. The number of fused-ring (bicyclic) bond motifs is 1. The van der Waals surface area contributed by atoms with E-state index in [-0.39, 0.29) is 5.54 Å². The number of anilines is 1. The molecule has 0 saturated carbocycles. The first-order chi connectivity index (χ1) is 7.56. The van der Waals surface area contributed by atoms with Gasteiger partial charge in [-0.1, -0.05) is 12.1 Å². The van der Waals surface area contributed by atoms with Gasteiger partial charge < -0.3 is 15.4 Å². The van der Waals surface area contributed by atoms with Crippen LogP contribution < -0.4 is 15.4 Å². The van der Waals surface area contributed by atoms with Gasteiger partial charge in [0.15, 0.2) is 0 Å². The van der Waals surface area contributed by atoms with Crippen LogP contribution in [0.1, 0.15) is 26.3 Å². The molecule has 16 heavy (non-hydrogen) atoms. The van der Waals surface area contributed by atoms with E-state index >= 15 is 0 Å². The topological polar surface area (TPSA) is 33.3 Å². The molecule has 1 heterocycles. The lowest BCUT2D eigenvalue weighted by Gasteiger charge is -2.25. The molecule has 2 N–H and O–H groups in total. The number of hydrogen-bond acceptors (Lipinski definition) is 3. The normalized spacial score (nSPS) is 14.9. The molecule has 0 amide bonds. The summed E-state index contributed by atoms with van der Waals surface area (Å²) in [4.78, 5) is 0. The zero-order chi connectivity index (χ0) is 11.6. The fourth-order valence-electron chi connectivity index (χ4n) is 1.73. The Morgan fingerprint density at radius 2 is 2.19 bits per heavy atom. The molecule has 3 heteroatoms. The molecule has 2 rings (SSSR count). The van der Waals surface area contributed by atoms with Crippen molar-refractivity contribution < 1.29 is 4.74 Å².